The Hall–Kier alpha value is -2.51. The van der Waals surface area contributed by atoms with Crippen LogP contribution in [0.1, 0.15) is 36.3 Å². The van der Waals surface area contributed by atoms with Gasteiger partial charge in [-0.2, -0.15) is 0 Å². The molecular formula is C22H28N4O2S. The fraction of sp³-hybridized carbons (Fsp3) is 0.364. The molecule has 3 rings (SSSR count). The number of aryl methyl sites for hydroxylation is 1. The van der Waals surface area contributed by atoms with Crippen molar-refractivity contribution < 1.29 is 8.42 Å². The quantitative estimate of drug-likeness (QED) is 0.538. The third-order valence-electron chi connectivity index (χ3n) is 5.11. The van der Waals surface area contributed by atoms with Crippen LogP contribution in [0.3, 0.4) is 0 Å². The van der Waals surface area contributed by atoms with Crippen molar-refractivity contribution in [1.82, 2.24) is 19.4 Å². The van der Waals surface area contributed by atoms with Crippen LogP contribution in [-0.2, 0) is 29.3 Å². The second-order valence-electron chi connectivity index (χ2n) is 7.39. The second kappa shape index (κ2) is 9.33. The van der Waals surface area contributed by atoms with Crippen molar-refractivity contribution in [2.45, 2.75) is 44.1 Å². The standard InChI is InChI=1S/C22H28N4O2S/c1-18(21-13-7-8-14-23-21)25(2)17-20-16-24-22(29(3,27)28)26(20)15-9-12-19-10-5-4-6-11-19/h4-8,10-11,13-14,16,18H,9,12,15,17H2,1-3H3/t18-/m0/s1. The number of benzene rings is 1. The molecule has 2 heterocycles. The average Bonchev–Trinajstić information content (AvgIpc) is 3.12. The van der Waals surface area contributed by atoms with Gasteiger partial charge >= 0.3 is 0 Å². The minimum Gasteiger partial charge on any atom is -0.318 e. The molecule has 2 aromatic heterocycles. The molecule has 1 atom stereocenters. The molecule has 0 aliphatic rings. The highest BCUT2D eigenvalue weighted by Gasteiger charge is 2.21. The topological polar surface area (TPSA) is 68.1 Å². The maximum absolute atomic E-state index is 12.2. The van der Waals surface area contributed by atoms with Crippen LogP contribution in [0.4, 0.5) is 0 Å². The van der Waals surface area contributed by atoms with Gasteiger partial charge in [0.2, 0.25) is 15.0 Å². The summed E-state index contributed by atoms with van der Waals surface area (Å²) in [6.45, 7) is 3.29. The Morgan fingerprint density at radius 3 is 2.45 bits per heavy atom. The molecule has 3 aromatic rings. The van der Waals surface area contributed by atoms with Crippen LogP contribution in [0.15, 0.2) is 66.1 Å². The van der Waals surface area contributed by atoms with E-state index in [1.807, 2.05) is 48.0 Å². The number of sulfone groups is 1. The van der Waals surface area contributed by atoms with Gasteiger partial charge in [0.05, 0.1) is 17.6 Å². The molecule has 0 unspecified atom stereocenters. The summed E-state index contributed by atoms with van der Waals surface area (Å²) in [5.41, 5.74) is 3.12. The summed E-state index contributed by atoms with van der Waals surface area (Å²) < 4.78 is 26.3. The summed E-state index contributed by atoms with van der Waals surface area (Å²) in [4.78, 5) is 10.8. The average molecular weight is 413 g/mol. The Morgan fingerprint density at radius 1 is 1.07 bits per heavy atom. The third-order valence-corrected chi connectivity index (χ3v) is 6.10. The van der Waals surface area contributed by atoms with Crippen LogP contribution in [0.2, 0.25) is 0 Å². The van der Waals surface area contributed by atoms with Crippen molar-refractivity contribution in [2.24, 2.45) is 0 Å². The molecule has 6 nitrogen and oxygen atoms in total. The van der Waals surface area contributed by atoms with E-state index < -0.39 is 9.84 Å². The van der Waals surface area contributed by atoms with Crippen molar-refractivity contribution in [2.75, 3.05) is 13.3 Å². The molecule has 0 fully saturated rings. The van der Waals surface area contributed by atoms with E-state index in [1.54, 1.807) is 12.4 Å². The lowest BCUT2D eigenvalue weighted by Crippen LogP contribution is -2.24. The molecule has 0 aliphatic heterocycles. The fourth-order valence-electron chi connectivity index (χ4n) is 3.38. The Kier molecular flexibility index (Phi) is 6.82. The maximum Gasteiger partial charge on any atom is 0.227 e. The number of imidazole rings is 1. The molecule has 29 heavy (non-hydrogen) atoms. The smallest absolute Gasteiger partial charge is 0.227 e. The van der Waals surface area contributed by atoms with Crippen LogP contribution in [0, 0.1) is 0 Å². The van der Waals surface area contributed by atoms with E-state index in [0.29, 0.717) is 13.1 Å². The van der Waals surface area contributed by atoms with E-state index in [2.05, 4.69) is 33.9 Å². The molecule has 0 spiro atoms. The lowest BCUT2D eigenvalue weighted by Gasteiger charge is -2.24. The Labute approximate surface area is 173 Å². The van der Waals surface area contributed by atoms with Gasteiger partial charge in [-0.1, -0.05) is 36.4 Å². The minimum absolute atomic E-state index is 0.102. The van der Waals surface area contributed by atoms with Gasteiger partial charge in [-0.05, 0) is 44.5 Å². The normalized spacial score (nSPS) is 13.0. The molecule has 0 saturated heterocycles. The lowest BCUT2D eigenvalue weighted by atomic mass is 10.1. The van der Waals surface area contributed by atoms with E-state index in [0.717, 1.165) is 24.2 Å². The fourth-order valence-corrected chi connectivity index (χ4v) is 4.23. The monoisotopic (exact) mass is 412 g/mol. The van der Waals surface area contributed by atoms with E-state index in [4.69, 9.17) is 0 Å². The molecule has 154 valence electrons. The number of hydrogen-bond donors (Lipinski definition) is 0. The predicted molar refractivity (Wildman–Crippen MR) is 114 cm³/mol. The first-order chi connectivity index (χ1) is 13.9. The lowest BCUT2D eigenvalue weighted by molar-refractivity contribution is 0.241. The molecular weight excluding hydrogens is 384 g/mol. The van der Waals surface area contributed by atoms with Crippen molar-refractivity contribution >= 4 is 9.84 Å². The number of hydrogen-bond acceptors (Lipinski definition) is 5. The van der Waals surface area contributed by atoms with Crippen LogP contribution >= 0.6 is 0 Å². The summed E-state index contributed by atoms with van der Waals surface area (Å²) in [6, 6.07) is 16.2. The first kappa shape index (κ1) is 21.2. The first-order valence-corrected chi connectivity index (χ1v) is 11.6. The minimum atomic E-state index is -3.39. The molecule has 0 aliphatic carbocycles. The van der Waals surface area contributed by atoms with Crippen molar-refractivity contribution in [3.8, 4) is 0 Å². The summed E-state index contributed by atoms with van der Waals surface area (Å²) >= 11 is 0. The molecule has 0 bridgehead atoms. The van der Waals surface area contributed by atoms with Gasteiger partial charge in [-0.25, -0.2) is 13.4 Å². The molecule has 0 radical (unpaired) electrons. The van der Waals surface area contributed by atoms with Gasteiger partial charge in [0.25, 0.3) is 0 Å². The highest BCUT2D eigenvalue weighted by atomic mass is 32.2. The summed E-state index contributed by atoms with van der Waals surface area (Å²) in [5, 5.41) is 0.138. The van der Waals surface area contributed by atoms with Gasteiger partial charge < -0.3 is 4.57 Å². The van der Waals surface area contributed by atoms with Crippen LogP contribution < -0.4 is 0 Å². The zero-order valence-electron chi connectivity index (χ0n) is 17.2. The zero-order valence-corrected chi connectivity index (χ0v) is 18.0. The van der Waals surface area contributed by atoms with Gasteiger partial charge in [-0.3, -0.25) is 9.88 Å². The van der Waals surface area contributed by atoms with E-state index in [9.17, 15) is 8.42 Å². The van der Waals surface area contributed by atoms with Crippen LogP contribution in [0.5, 0.6) is 0 Å². The van der Waals surface area contributed by atoms with E-state index in [-0.39, 0.29) is 11.2 Å². The van der Waals surface area contributed by atoms with Crippen molar-refractivity contribution in [3.05, 3.63) is 77.9 Å². The van der Waals surface area contributed by atoms with Gasteiger partial charge in [0.1, 0.15) is 0 Å². The van der Waals surface area contributed by atoms with Crippen molar-refractivity contribution in [3.63, 3.8) is 0 Å². The molecule has 0 amide bonds. The number of aromatic nitrogens is 3. The van der Waals surface area contributed by atoms with Gasteiger partial charge in [0.15, 0.2) is 0 Å². The third kappa shape index (κ3) is 5.52. The van der Waals surface area contributed by atoms with Crippen LogP contribution in [0.25, 0.3) is 0 Å². The van der Waals surface area contributed by atoms with E-state index >= 15 is 0 Å². The molecule has 7 heteroatoms. The predicted octanol–water partition coefficient (Wildman–Crippen LogP) is 3.51. The second-order valence-corrected chi connectivity index (χ2v) is 9.30. The Balaban J connectivity index is 1.76. The number of rotatable bonds is 9. The summed E-state index contributed by atoms with van der Waals surface area (Å²) in [7, 11) is -1.38. The van der Waals surface area contributed by atoms with Gasteiger partial charge in [0, 0.05) is 31.6 Å². The largest absolute Gasteiger partial charge is 0.318 e. The summed E-state index contributed by atoms with van der Waals surface area (Å²) in [5.74, 6) is 0. The first-order valence-electron chi connectivity index (χ1n) is 9.76. The van der Waals surface area contributed by atoms with Crippen molar-refractivity contribution in [1.29, 1.82) is 0 Å². The maximum atomic E-state index is 12.2. The summed E-state index contributed by atoms with van der Waals surface area (Å²) in [6.07, 6.45) is 6.42. The molecule has 1 aromatic carbocycles. The van der Waals surface area contributed by atoms with Gasteiger partial charge in [-0.15, -0.1) is 0 Å². The molecule has 0 saturated carbocycles. The Morgan fingerprint density at radius 2 is 1.79 bits per heavy atom. The highest BCUT2D eigenvalue weighted by Crippen LogP contribution is 2.21. The highest BCUT2D eigenvalue weighted by molar-refractivity contribution is 7.90. The number of nitrogens with zero attached hydrogens (tertiary/aromatic N) is 4. The zero-order chi connectivity index (χ0) is 20.9. The SMILES string of the molecule is C[C@@H](c1ccccn1)N(C)Cc1cnc(S(C)(=O)=O)n1CCCc1ccccc1. The molecule has 0 N–H and O–H groups in total. The van der Waals surface area contributed by atoms with E-state index in [1.165, 1.54) is 11.8 Å². The number of pyridine rings is 1. The Bertz CT molecular complexity index is 1020. The van der Waals surface area contributed by atoms with Crippen LogP contribution in [-0.4, -0.2) is 41.2 Å².